The molecule has 0 unspecified atom stereocenters. The summed E-state index contributed by atoms with van der Waals surface area (Å²) in [6, 6.07) is -0.525. The summed E-state index contributed by atoms with van der Waals surface area (Å²) in [4.78, 5) is 32.1. The lowest BCUT2D eigenvalue weighted by molar-refractivity contribution is -0.192. The van der Waals surface area contributed by atoms with Crippen LogP contribution in [0, 0.1) is 0 Å². The molecule has 11 nitrogen and oxygen atoms in total. The van der Waals surface area contributed by atoms with E-state index in [0.29, 0.717) is 19.5 Å². The van der Waals surface area contributed by atoms with Gasteiger partial charge in [-0.05, 0) is 6.42 Å². The number of alkyl halides is 3. The number of amides is 1. The molecule has 1 aliphatic heterocycles. The summed E-state index contributed by atoms with van der Waals surface area (Å²) < 4.78 is 36.1. The molecule has 1 aliphatic rings. The number of unbranched alkanes of at least 4 members (excludes halogenated alkanes) is 1. The van der Waals surface area contributed by atoms with E-state index >= 15 is 0 Å². The van der Waals surface area contributed by atoms with Gasteiger partial charge in [-0.15, -0.1) is 0 Å². The number of hydrogen-bond donors (Lipinski definition) is 4. The summed E-state index contributed by atoms with van der Waals surface area (Å²) in [7, 11) is 0. The zero-order valence-corrected chi connectivity index (χ0v) is 16.5. The highest BCUT2D eigenvalue weighted by Gasteiger charge is 2.38. The maximum Gasteiger partial charge on any atom is 0.490 e. The first-order chi connectivity index (χ1) is 14.1. The van der Waals surface area contributed by atoms with Crippen LogP contribution < -0.4 is 11.1 Å². The van der Waals surface area contributed by atoms with Crippen LogP contribution in [0.3, 0.4) is 0 Å². The highest BCUT2D eigenvalue weighted by atomic mass is 19.4. The molecule has 1 aromatic rings. The van der Waals surface area contributed by atoms with E-state index in [0.717, 1.165) is 44.7 Å². The number of ether oxygens (including phenoxy) is 1. The third-order valence-electron chi connectivity index (χ3n) is 3.57. The van der Waals surface area contributed by atoms with Crippen LogP contribution in [0.25, 0.3) is 0 Å². The number of carboxylic acids is 1. The Bertz CT molecular complexity index is 609. The van der Waals surface area contributed by atoms with Crippen molar-refractivity contribution in [3.8, 4) is 0 Å². The van der Waals surface area contributed by atoms with Gasteiger partial charge in [-0.25, -0.2) is 4.79 Å². The Kier molecular flexibility index (Phi) is 13.8. The lowest BCUT2D eigenvalue weighted by atomic mass is 10.1. The minimum absolute atomic E-state index is 0.00972. The normalized spacial score (nSPS) is 14.4. The predicted octanol–water partition coefficient (Wildman–Crippen LogP) is -0.301. The smallest absolute Gasteiger partial charge is 0.475 e. The molecule has 0 spiro atoms. The molecule has 5 N–H and O–H groups in total. The molecule has 1 fully saturated rings. The molecule has 2 heterocycles. The number of halogens is 3. The molecule has 172 valence electrons. The topological polar surface area (TPSA) is 164 Å². The Labute approximate surface area is 171 Å². The van der Waals surface area contributed by atoms with E-state index in [4.69, 9.17) is 15.6 Å². The van der Waals surface area contributed by atoms with E-state index in [-0.39, 0.29) is 5.91 Å². The van der Waals surface area contributed by atoms with Gasteiger partial charge in [-0.1, -0.05) is 13.3 Å². The van der Waals surface area contributed by atoms with Gasteiger partial charge in [-0.3, -0.25) is 9.59 Å². The number of carboxylic acid groups (broad SMARTS) is 1. The van der Waals surface area contributed by atoms with Gasteiger partial charge in [0.1, 0.15) is 0 Å². The Balaban J connectivity index is 0.000000503. The number of H-pyrrole nitrogens is 1. The van der Waals surface area contributed by atoms with E-state index in [1.54, 1.807) is 11.1 Å². The maximum atomic E-state index is 11.9. The quantitative estimate of drug-likeness (QED) is 0.329. The Morgan fingerprint density at radius 1 is 1.40 bits per heavy atom. The van der Waals surface area contributed by atoms with Gasteiger partial charge in [-0.2, -0.15) is 28.6 Å². The lowest BCUT2D eigenvalue weighted by Gasteiger charge is -2.29. The van der Waals surface area contributed by atoms with Crippen molar-refractivity contribution in [2.24, 2.45) is 5.73 Å². The molecule has 1 saturated heterocycles. The molecule has 2 rings (SSSR count). The highest BCUT2D eigenvalue weighted by Crippen LogP contribution is 2.13. The minimum atomic E-state index is -5.08. The van der Waals surface area contributed by atoms with Crippen LogP contribution in [0.1, 0.15) is 25.5 Å². The number of carbonyl (C=O) groups is 3. The molecule has 0 aliphatic carbocycles. The van der Waals surface area contributed by atoms with E-state index in [9.17, 15) is 22.8 Å². The molecule has 0 saturated carbocycles. The number of piperazine rings is 1. The fourth-order valence-electron chi connectivity index (χ4n) is 2.03. The monoisotopic (exact) mass is 440 g/mol. The van der Waals surface area contributed by atoms with Gasteiger partial charge in [0.15, 0.2) is 0 Å². The number of hydrogen-bond acceptors (Lipinski definition) is 8. The van der Waals surface area contributed by atoms with Crippen LogP contribution in [-0.4, -0.2) is 88.8 Å². The number of rotatable bonds is 7. The van der Waals surface area contributed by atoms with E-state index in [2.05, 4.69) is 25.5 Å². The first kappa shape index (κ1) is 27.3. The summed E-state index contributed by atoms with van der Waals surface area (Å²) in [5.74, 6) is -2.77. The van der Waals surface area contributed by atoms with Crippen molar-refractivity contribution in [3.05, 3.63) is 11.9 Å². The number of aliphatic carboxylic acids is 1. The average Bonchev–Trinajstić information content (AvgIpc) is 3.22. The Hall–Kier alpha value is -2.74. The molecular weight excluding hydrogens is 413 g/mol. The summed E-state index contributed by atoms with van der Waals surface area (Å²) in [5.41, 5.74) is 6.56. The second kappa shape index (κ2) is 15.1. The van der Waals surface area contributed by atoms with Gasteiger partial charge < -0.3 is 25.8 Å². The molecule has 30 heavy (non-hydrogen) atoms. The SMILES string of the molecule is CCCCOC=O.N[C@@H](Cc1cn[nH]n1)C(=O)N1CCNCC1.O=C(O)C(F)(F)F. The van der Waals surface area contributed by atoms with Crippen molar-refractivity contribution in [3.63, 3.8) is 0 Å². The summed E-state index contributed by atoms with van der Waals surface area (Å²) in [6.45, 7) is 6.23. The van der Waals surface area contributed by atoms with E-state index in [1.807, 2.05) is 6.92 Å². The number of nitrogens with one attached hydrogen (secondary N) is 2. The number of nitrogens with zero attached hydrogens (tertiary/aromatic N) is 3. The first-order valence-electron chi connectivity index (χ1n) is 9.08. The van der Waals surface area contributed by atoms with Crippen LogP contribution in [0.2, 0.25) is 0 Å². The molecule has 1 aromatic heterocycles. The fraction of sp³-hybridized carbons (Fsp3) is 0.688. The second-order valence-corrected chi connectivity index (χ2v) is 5.97. The van der Waals surface area contributed by atoms with Crippen LogP contribution in [-0.2, 0) is 25.5 Å². The van der Waals surface area contributed by atoms with Gasteiger partial charge in [0, 0.05) is 32.6 Å². The first-order valence-corrected chi connectivity index (χ1v) is 9.08. The fourth-order valence-corrected chi connectivity index (χ4v) is 2.03. The number of aromatic nitrogens is 3. The van der Waals surface area contributed by atoms with Crippen molar-refractivity contribution >= 4 is 18.3 Å². The molecule has 1 amide bonds. The lowest BCUT2D eigenvalue weighted by Crippen LogP contribution is -2.52. The third-order valence-corrected chi connectivity index (χ3v) is 3.57. The molecule has 0 aromatic carbocycles. The highest BCUT2D eigenvalue weighted by molar-refractivity contribution is 5.82. The zero-order valence-electron chi connectivity index (χ0n) is 16.5. The van der Waals surface area contributed by atoms with Crippen molar-refractivity contribution in [2.45, 2.75) is 38.4 Å². The van der Waals surface area contributed by atoms with Crippen molar-refractivity contribution < 1.29 is 37.4 Å². The third kappa shape index (κ3) is 12.7. The number of nitrogens with two attached hydrogens (primary N) is 1. The van der Waals surface area contributed by atoms with E-state index in [1.165, 1.54) is 0 Å². The number of aromatic amines is 1. The zero-order chi connectivity index (χ0) is 23.0. The number of carbonyl (C=O) groups excluding carboxylic acids is 2. The molecular formula is C16H27F3N6O5. The van der Waals surface area contributed by atoms with Crippen LogP contribution in [0.4, 0.5) is 13.2 Å². The van der Waals surface area contributed by atoms with Gasteiger partial charge >= 0.3 is 12.1 Å². The molecule has 0 radical (unpaired) electrons. The largest absolute Gasteiger partial charge is 0.490 e. The Morgan fingerprint density at radius 3 is 2.43 bits per heavy atom. The van der Waals surface area contributed by atoms with Gasteiger partial charge in [0.2, 0.25) is 5.91 Å². The standard InChI is InChI=1S/C9H16N6O.C5H10O2.C2HF3O2/c10-8(5-7-6-12-14-13-7)9(16)15-3-1-11-2-4-15;1-2-3-4-7-5-6;3-2(4,5)1(6)7/h6,8,11H,1-5,10H2,(H,12,13,14);5H,2-4H2,1H3;(H,6,7)/t8-;;/m0../s1. The summed E-state index contributed by atoms with van der Waals surface area (Å²) >= 11 is 0. The van der Waals surface area contributed by atoms with E-state index < -0.39 is 18.2 Å². The summed E-state index contributed by atoms with van der Waals surface area (Å²) in [6.07, 6.45) is -1.02. The van der Waals surface area contributed by atoms with Crippen LogP contribution in [0.15, 0.2) is 6.20 Å². The van der Waals surface area contributed by atoms with Gasteiger partial charge in [0.25, 0.3) is 6.47 Å². The maximum absolute atomic E-state index is 11.9. The second-order valence-electron chi connectivity index (χ2n) is 5.97. The molecule has 0 bridgehead atoms. The van der Waals surface area contributed by atoms with Crippen LogP contribution in [0.5, 0.6) is 0 Å². The molecule has 1 atom stereocenters. The Morgan fingerprint density at radius 2 is 2.00 bits per heavy atom. The van der Waals surface area contributed by atoms with Crippen molar-refractivity contribution in [1.82, 2.24) is 25.6 Å². The molecule has 14 heteroatoms. The average molecular weight is 440 g/mol. The minimum Gasteiger partial charge on any atom is -0.475 e. The van der Waals surface area contributed by atoms with Crippen LogP contribution >= 0.6 is 0 Å². The van der Waals surface area contributed by atoms with Crippen molar-refractivity contribution in [1.29, 1.82) is 0 Å². The van der Waals surface area contributed by atoms with Crippen molar-refractivity contribution in [2.75, 3.05) is 32.8 Å². The predicted molar refractivity (Wildman–Crippen MR) is 98.1 cm³/mol. The van der Waals surface area contributed by atoms with Gasteiger partial charge in [0.05, 0.1) is 24.5 Å². The summed E-state index contributed by atoms with van der Waals surface area (Å²) in [5, 5.41) is 20.4.